The Morgan fingerprint density at radius 3 is 3.10 bits per heavy atom. The van der Waals surface area contributed by atoms with Crippen LogP contribution in [0.2, 0.25) is 0 Å². The molecule has 0 fully saturated rings. The predicted molar refractivity (Wildman–Crippen MR) is 79.4 cm³/mol. The van der Waals surface area contributed by atoms with Gasteiger partial charge in [-0.05, 0) is 48.6 Å². The number of hydrogen-bond acceptors (Lipinski definition) is 3. The van der Waals surface area contributed by atoms with Crippen molar-refractivity contribution in [1.82, 2.24) is 14.6 Å². The first-order valence-corrected chi connectivity index (χ1v) is 7.03. The van der Waals surface area contributed by atoms with E-state index in [4.69, 9.17) is 0 Å². The molecule has 1 N–H and O–H groups in total. The number of nitrogens with one attached hydrogen (secondary N) is 1. The zero-order valence-electron chi connectivity index (χ0n) is 11.4. The Kier molecular flexibility index (Phi) is 2.70. The maximum absolute atomic E-state index is 12.4. The second-order valence-corrected chi connectivity index (χ2v) is 5.24. The van der Waals surface area contributed by atoms with Gasteiger partial charge in [0.05, 0.1) is 6.20 Å². The van der Waals surface area contributed by atoms with Crippen LogP contribution in [0.15, 0.2) is 42.9 Å². The largest absolute Gasteiger partial charge is 0.322 e. The lowest BCUT2D eigenvalue weighted by Crippen LogP contribution is -2.12. The summed E-state index contributed by atoms with van der Waals surface area (Å²) in [5.74, 6) is -0.179. The van der Waals surface area contributed by atoms with Crippen molar-refractivity contribution in [1.29, 1.82) is 0 Å². The topological polar surface area (TPSA) is 59.3 Å². The first kappa shape index (κ1) is 12.1. The minimum Gasteiger partial charge on any atom is -0.322 e. The van der Waals surface area contributed by atoms with Crippen LogP contribution < -0.4 is 5.32 Å². The van der Waals surface area contributed by atoms with E-state index in [1.807, 2.05) is 6.07 Å². The number of fused-ring (bicyclic) bond motifs is 2. The summed E-state index contributed by atoms with van der Waals surface area (Å²) >= 11 is 0. The Morgan fingerprint density at radius 2 is 2.14 bits per heavy atom. The monoisotopic (exact) mass is 278 g/mol. The van der Waals surface area contributed by atoms with Gasteiger partial charge in [0.25, 0.3) is 5.91 Å². The molecule has 0 bridgehead atoms. The van der Waals surface area contributed by atoms with Crippen LogP contribution in [0, 0.1) is 0 Å². The minimum absolute atomic E-state index is 0.179. The predicted octanol–water partition coefficient (Wildman–Crippen LogP) is 2.47. The van der Waals surface area contributed by atoms with Gasteiger partial charge < -0.3 is 5.32 Å². The Bertz CT molecular complexity index is 837. The quantitative estimate of drug-likeness (QED) is 0.783. The molecule has 1 aromatic carbocycles. The highest BCUT2D eigenvalue weighted by atomic mass is 16.1. The van der Waals surface area contributed by atoms with E-state index in [1.165, 1.54) is 17.5 Å². The average Bonchev–Trinajstić information content (AvgIpc) is 3.13. The fourth-order valence-corrected chi connectivity index (χ4v) is 2.84. The highest BCUT2D eigenvalue weighted by Crippen LogP contribution is 2.25. The number of rotatable bonds is 2. The smallest absolute Gasteiger partial charge is 0.261 e. The summed E-state index contributed by atoms with van der Waals surface area (Å²) in [7, 11) is 0. The van der Waals surface area contributed by atoms with Crippen molar-refractivity contribution < 1.29 is 4.79 Å². The Balaban J connectivity index is 1.63. The third kappa shape index (κ3) is 2.07. The van der Waals surface area contributed by atoms with Crippen LogP contribution in [0.5, 0.6) is 0 Å². The van der Waals surface area contributed by atoms with Gasteiger partial charge in [-0.1, -0.05) is 6.07 Å². The number of nitrogens with zero attached hydrogens (tertiary/aromatic N) is 3. The number of anilines is 1. The molecule has 3 aromatic rings. The number of aryl methyl sites for hydroxylation is 2. The molecule has 4 rings (SSSR count). The van der Waals surface area contributed by atoms with Crippen molar-refractivity contribution >= 4 is 17.2 Å². The lowest BCUT2D eigenvalue weighted by molar-refractivity contribution is 0.102. The molecule has 21 heavy (non-hydrogen) atoms. The molecule has 0 unspecified atom stereocenters. The van der Waals surface area contributed by atoms with Crippen LogP contribution in [0.4, 0.5) is 5.69 Å². The second kappa shape index (κ2) is 4.70. The number of carbonyl (C=O) groups is 1. The van der Waals surface area contributed by atoms with Gasteiger partial charge in [0, 0.05) is 18.1 Å². The molecule has 0 spiro atoms. The van der Waals surface area contributed by atoms with Crippen LogP contribution in [-0.4, -0.2) is 20.5 Å². The molecule has 2 aromatic heterocycles. The molecule has 1 aliphatic carbocycles. The first-order valence-electron chi connectivity index (χ1n) is 7.03. The molecular formula is C16H14N4O. The van der Waals surface area contributed by atoms with E-state index in [-0.39, 0.29) is 5.91 Å². The van der Waals surface area contributed by atoms with Crippen LogP contribution >= 0.6 is 0 Å². The van der Waals surface area contributed by atoms with E-state index < -0.39 is 0 Å². The van der Waals surface area contributed by atoms with Crippen LogP contribution in [0.1, 0.15) is 27.9 Å². The number of carbonyl (C=O) groups excluding carboxylic acids is 1. The van der Waals surface area contributed by atoms with Gasteiger partial charge in [0.1, 0.15) is 5.56 Å². The van der Waals surface area contributed by atoms with Crippen LogP contribution in [0.25, 0.3) is 5.65 Å². The summed E-state index contributed by atoms with van der Waals surface area (Å²) in [6.45, 7) is 0. The number of benzene rings is 1. The summed E-state index contributed by atoms with van der Waals surface area (Å²) < 4.78 is 1.59. The van der Waals surface area contributed by atoms with Crippen LogP contribution in [0.3, 0.4) is 0 Å². The van der Waals surface area contributed by atoms with Gasteiger partial charge in [-0.25, -0.2) is 9.50 Å². The molecule has 1 aliphatic rings. The third-order valence-electron chi connectivity index (χ3n) is 3.88. The highest BCUT2D eigenvalue weighted by Gasteiger charge is 2.15. The summed E-state index contributed by atoms with van der Waals surface area (Å²) in [5, 5.41) is 7.07. The fourth-order valence-electron chi connectivity index (χ4n) is 2.84. The third-order valence-corrected chi connectivity index (χ3v) is 3.88. The second-order valence-electron chi connectivity index (χ2n) is 5.24. The lowest BCUT2D eigenvalue weighted by atomic mass is 10.1. The number of aromatic nitrogens is 3. The fraction of sp³-hybridized carbons (Fsp3) is 0.188. The van der Waals surface area contributed by atoms with E-state index >= 15 is 0 Å². The Morgan fingerprint density at radius 1 is 1.24 bits per heavy atom. The Hall–Kier alpha value is -2.69. The van der Waals surface area contributed by atoms with E-state index in [0.29, 0.717) is 11.2 Å². The molecular weight excluding hydrogens is 264 g/mol. The normalized spacial score (nSPS) is 13.3. The molecule has 5 nitrogen and oxygen atoms in total. The SMILES string of the molecule is O=C(Nc1ccc2c(c1)CCC2)c1cnn2cccnc12. The van der Waals surface area contributed by atoms with E-state index in [9.17, 15) is 4.79 Å². The van der Waals surface area contributed by atoms with E-state index in [1.54, 1.807) is 29.2 Å². The Labute approximate surface area is 121 Å². The molecule has 1 amide bonds. The molecule has 0 aliphatic heterocycles. The molecule has 2 heterocycles. The van der Waals surface area contributed by atoms with Crippen molar-refractivity contribution in [3.05, 3.63) is 59.5 Å². The molecule has 0 saturated carbocycles. The van der Waals surface area contributed by atoms with Gasteiger partial charge in [0.15, 0.2) is 5.65 Å². The first-order chi connectivity index (χ1) is 10.3. The van der Waals surface area contributed by atoms with Gasteiger partial charge in [-0.3, -0.25) is 4.79 Å². The lowest BCUT2D eigenvalue weighted by Gasteiger charge is -2.06. The van der Waals surface area contributed by atoms with E-state index in [2.05, 4.69) is 27.5 Å². The van der Waals surface area contributed by atoms with Gasteiger partial charge in [0.2, 0.25) is 0 Å². The van der Waals surface area contributed by atoms with Crippen LogP contribution in [-0.2, 0) is 12.8 Å². The van der Waals surface area contributed by atoms with Crippen molar-refractivity contribution in [3.63, 3.8) is 0 Å². The average molecular weight is 278 g/mol. The maximum atomic E-state index is 12.4. The van der Waals surface area contributed by atoms with Gasteiger partial charge in [-0.2, -0.15) is 5.10 Å². The summed E-state index contributed by atoms with van der Waals surface area (Å²) in [5.41, 5.74) is 4.61. The molecule has 0 atom stereocenters. The summed E-state index contributed by atoms with van der Waals surface area (Å²) in [6.07, 6.45) is 8.41. The van der Waals surface area contributed by atoms with Crippen molar-refractivity contribution in [2.75, 3.05) is 5.32 Å². The zero-order valence-corrected chi connectivity index (χ0v) is 11.4. The highest BCUT2D eigenvalue weighted by molar-refractivity contribution is 6.08. The zero-order chi connectivity index (χ0) is 14.2. The molecule has 104 valence electrons. The van der Waals surface area contributed by atoms with Crippen molar-refractivity contribution in [2.24, 2.45) is 0 Å². The molecule has 5 heteroatoms. The molecule has 0 saturated heterocycles. The maximum Gasteiger partial charge on any atom is 0.261 e. The summed E-state index contributed by atoms with van der Waals surface area (Å²) in [4.78, 5) is 16.6. The van der Waals surface area contributed by atoms with Gasteiger partial charge in [-0.15, -0.1) is 0 Å². The molecule has 0 radical (unpaired) electrons. The standard InChI is InChI=1S/C16H14N4O/c21-16(14-10-18-20-8-2-7-17-15(14)20)19-13-6-5-11-3-1-4-12(11)9-13/h2,5-10H,1,3-4H2,(H,19,21). The van der Waals surface area contributed by atoms with E-state index in [0.717, 1.165) is 18.5 Å². The number of hydrogen-bond donors (Lipinski definition) is 1. The minimum atomic E-state index is -0.179. The van der Waals surface area contributed by atoms with Gasteiger partial charge >= 0.3 is 0 Å². The number of amides is 1. The van der Waals surface area contributed by atoms with Crippen molar-refractivity contribution in [2.45, 2.75) is 19.3 Å². The van der Waals surface area contributed by atoms with Crippen molar-refractivity contribution in [3.8, 4) is 0 Å². The summed E-state index contributed by atoms with van der Waals surface area (Å²) in [6, 6.07) is 7.91.